The molecule has 0 atom stereocenters. The third-order valence-electron chi connectivity index (χ3n) is 3.07. The molecular formula is C16H11ClN2O3S. The van der Waals surface area contributed by atoms with Crippen LogP contribution in [0.4, 0.5) is 5.69 Å². The monoisotopic (exact) mass is 346 g/mol. The maximum atomic E-state index is 10.7. The standard InChI is InChI=1S/C16H11ClN2O3S/c17-15-7-2-1-6-14(15)16-18-11(10-23-16)9-22-13-5-3-4-12(8-13)19(20)21/h1-8,10H,9H2. The molecular weight excluding hydrogens is 336 g/mol. The van der Waals surface area contributed by atoms with Crippen molar-refractivity contribution in [3.05, 3.63) is 74.7 Å². The van der Waals surface area contributed by atoms with Crippen molar-refractivity contribution in [2.45, 2.75) is 6.61 Å². The summed E-state index contributed by atoms with van der Waals surface area (Å²) in [7, 11) is 0. The molecule has 0 amide bonds. The normalized spacial score (nSPS) is 10.5. The van der Waals surface area contributed by atoms with E-state index in [9.17, 15) is 10.1 Å². The van der Waals surface area contributed by atoms with Crippen LogP contribution >= 0.6 is 22.9 Å². The molecule has 1 aromatic heterocycles. The minimum Gasteiger partial charge on any atom is -0.487 e. The van der Waals surface area contributed by atoms with Gasteiger partial charge in [-0.25, -0.2) is 4.98 Å². The SMILES string of the molecule is O=[N+]([O-])c1cccc(OCc2csc(-c3ccccc3Cl)n2)c1. The molecule has 0 fully saturated rings. The molecule has 0 spiro atoms. The maximum absolute atomic E-state index is 10.7. The summed E-state index contributed by atoms with van der Waals surface area (Å²) in [5.74, 6) is 0.437. The lowest BCUT2D eigenvalue weighted by atomic mass is 10.2. The summed E-state index contributed by atoms with van der Waals surface area (Å²) in [6.07, 6.45) is 0. The second kappa shape index (κ2) is 6.76. The zero-order valence-electron chi connectivity index (χ0n) is 11.8. The molecule has 0 bridgehead atoms. The lowest BCUT2D eigenvalue weighted by Gasteiger charge is -2.03. The predicted octanol–water partition coefficient (Wildman–Crippen LogP) is 4.95. The van der Waals surface area contributed by atoms with E-state index in [-0.39, 0.29) is 12.3 Å². The average Bonchev–Trinajstić information content (AvgIpc) is 3.02. The highest BCUT2D eigenvalue weighted by Gasteiger charge is 2.10. The van der Waals surface area contributed by atoms with E-state index < -0.39 is 4.92 Å². The quantitative estimate of drug-likeness (QED) is 0.484. The number of benzene rings is 2. The highest BCUT2D eigenvalue weighted by Crippen LogP contribution is 2.30. The molecule has 0 saturated heterocycles. The summed E-state index contributed by atoms with van der Waals surface area (Å²) < 4.78 is 5.57. The molecule has 23 heavy (non-hydrogen) atoms. The Bertz CT molecular complexity index is 851. The van der Waals surface area contributed by atoms with Crippen molar-refractivity contribution < 1.29 is 9.66 Å². The fourth-order valence-electron chi connectivity index (χ4n) is 1.98. The second-order valence-electron chi connectivity index (χ2n) is 4.67. The van der Waals surface area contributed by atoms with Crippen LogP contribution in [0.1, 0.15) is 5.69 Å². The molecule has 3 aromatic rings. The van der Waals surface area contributed by atoms with E-state index in [1.54, 1.807) is 12.1 Å². The van der Waals surface area contributed by atoms with Crippen LogP contribution in [0, 0.1) is 10.1 Å². The van der Waals surface area contributed by atoms with Gasteiger partial charge in [0.2, 0.25) is 0 Å². The summed E-state index contributed by atoms with van der Waals surface area (Å²) in [6.45, 7) is 0.238. The molecule has 7 heteroatoms. The largest absolute Gasteiger partial charge is 0.487 e. The molecule has 0 N–H and O–H groups in total. The lowest BCUT2D eigenvalue weighted by molar-refractivity contribution is -0.384. The van der Waals surface area contributed by atoms with Gasteiger partial charge in [-0.15, -0.1) is 11.3 Å². The fourth-order valence-corrected chi connectivity index (χ4v) is 3.10. The first kappa shape index (κ1) is 15.5. The second-order valence-corrected chi connectivity index (χ2v) is 5.93. The van der Waals surface area contributed by atoms with Crippen molar-refractivity contribution in [1.82, 2.24) is 4.98 Å². The van der Waals surface area contributed by atoms with Gasteiger partial charge in [-0.3, -0.25) is 10.1 Å². The first-order valence-electron chi connectivity index (χ1n) is 6.70. The summed E-state index contributed by atoms with van der Waals surface area (Å²) in [5.41, 5.74) is 1.62. The Hall–Kier alpha value is -2.44. The predicted molar refractivity (Wildman–Crippen MR) is 90.0 cm³/mol. The van der Waals surface area contributed by atoms with Gasteiger partial charge < -0.3 is 4.74 Å². The number of nitro groups is 1. The Balaban J connectivity index is 1.72. The number of thiazole rings is 1. The zero-order chi connectivity index (χ0) is 16.2. The molecule has 0 radical (unpaired) electrons. The van der Waals surface area contributed by atoms with Gasteiger partial charge in [0, 0.05) is 17.0 Å². The van der Waals surface area contributed by atoms with Crippen LogP contribution in [0.15, 0.2) is 53.9 Å². The Labute approximate surface area is 141 Å². The third kappa shape index (κ3) is 3.67. The van der Waals surface area contributed by atoms with Crippen molar-refractivity contribution in [2.24, 2.45) is 0 Å². The number of hydrogen-bond donors (Lipinski definition) is 0. The molecule has 0 aliphatic carbocycles. The van der Waals surface area contributed by atoms with Crippen molar-refractivity contribution in [3.8, 4) is 16.3 Å². The Morgan fingerprint density at radius 2 is 2.04 bits per heavy atom. The van der Waals surface area contributed by atoms with Crippen molar-refractivity contribution in [1.29, 1.82) is 0 Å². The molecule has 0 aliphatic heterocycles. The van der Waals surface area contributed by atoms with Crippen LogP contribution in [0.2, 0.25) is 5.02 Å². The van der Waals surface area contributed by atoms with Gasteiger partial charge in [0.05, 0.1) is 21.7 Å². The van der Waals surface area contributed by atoms with Crippen LogP contribution in [0.3, 0.4) is 0 Å². The maximum Gasteiger partial charge on any atom is 0.273 e. The number of nitro benzene ring substituents is 1. The van der Waals surface area contributed by atoms with Crippen molar-refractivity contribution in [3.63, 3.8) is 0 Å². The van der Waals surface area contributed by atoms with E-state index in [0.717, 1.165) is 16.3 Å². The van der Waals surface area contributed by atoms with Crippen LogP contribution in [0.25, 0.3) is 10.6 Å². The van der Waals surface area contributed by atoms with Gasteiger partial charge in [-0.2, -0.15) is 0 Å². The molecule has 0 aliphatic rings. The Kier molecular flexibility index (Phi) is 4.55. The van der Waals surface area contributed by atoms with E-state index in [1.165, 1.54) is 23.5 Å². The van der Waals surface area contributed by atoms with Crippen LogP contribution in [-0.4, -0.2) is 9.91 Å². The van der Waals surface area contributed by atoms with Gasteiger partial charge in [-0.05, 0) is 12.1 Å². The molecule has 2 aromatic carbocycles. The van der Waals surface area contributed by atoms with Gasteiger partial charge in [0.15, 0.2) is 0 Å². The smallest absolute Gasteiger partial charge is 0.273 e. The zero-order valence-corrected chi connectivity index (χ0v) is 13.4. The number of aromatic nitrogens is 1. The first-order valence-corrected chi connectivity index (χ1v) is 7.96. The van der Waals surface area contributed by atoms with Gasteiger partial charge >= 0.3 is 0 Å². The Morgan fingerprint density at radius 3 is 2.83 bits per heavy atom. The van der Waals surface area contributed by atoms with Gasteiger partial charge in [0.1, 0.15) is 17.4 Å². The lowest BCUT2D eigenvalue weighted by Crippen LogP contribution is -1.96. The topological polar surface area (TPSA) is 65.3 Å². The fraction of sp³-hybridized carbons (Fsp3) is 0.0625. The van der Waals surface area contributed by atoms with Crippen molar-refractivity contribution >= 4 is 28.6 Å². The van der Waals surface area contributed by atoms with E-state index in [2.05, 4.69) is 4.98 Å². The molecule has 0 unspecified atom stereocenters. The van der Waals surface area contributed by atoms with E-state index >= 15 is 0 Å². The van der Waals surface area contributed by atoms with Crippen LogP contribution in [0.5, 0.6) is 5.75 Å². The van der Waals surface area contributed by atoms with Gasteiger partial charge in [0.25, 0.3) is 5.69 Å². The van der Waals surface area contributed by atoms with Crippen molar-refractivity contribution in [2.75, 3.05) is 0 Å². The summed E-state index contributed by atoms with van der Waals surface area (Å²) in [6, 6.07) is 13.6. The average molecular weight is 347 g/mol. The molecule has 0 saturated carbocycles. The number of hydrogen-bond acceptors (Lipinski definition) is 5. The first-order chi connectivity index (χ1) is 11.1. The Morgan fingerprint density at radius 1 is 1.22 bits per heavy atom. The number of non-ortho nitro benzene ring substituents is 1. The summed E-state index contributed by atoms with van der Waals surface area (Å²) >= 11 is 7.64. The number of rotatable bonds is 5. The minimum absolute atomic E-state index is 0.00228. The minimum atomic E-state index is -0.453. The number of halogens is 1. The van der Waals surface area contributed by atoms with E-state index in [4.69, 9.17) is 16.3 Å². The highest BCUT2D eigenvalue weighted by molar-refractivity contribution is 7.13. The van der Waals surface area contributed by atoms with Crippen LogP contribution < -0.4 is 4.74 Å². The highest BCUT2D eigenvalue weighted by atomic mass is 35.5. The summed E-state index contributed by atoms with van der Waals surface area (Å²) in [5, 5.41) is 14.1. The summed E-state index contributed by atoms with van der Waals surface area (Å²) in [4.78, 5) is 14.8. The molecule has 116 valence electrons. The molecule has 3 rings (SSSR count). The number of ether oxygens (including phenoxy) is 1. The molecule has 5 nitrogen and oxygen atoms in total. The van der Waals surface area contributed by atoms with Gasteiger partial charge in [-0.1, -0.05) is 35.9 Å². The third-order valence-corrected chi connectivity index (χ3v) is 4.33. The van der Waals surface area contributed by atoms with E-state index in [0.29, 0.717) is 10.8 Å². The van der Waals surface area contributed by atoms with E-state index in [1.807, 2.05) is 29.6 Å². The molecule has 1 heterocycles. The number of nitrogens with zero attached hydrogens (tertiary/aromatic N) is 2. The van der Waals surface area contributed by atoms with Crippen LogP contribution in [-0.2, 0) is 6.61 Å².